The predicted octanol–water partition coefficient (Wildman–Crippen LogP) is 0.646. The number of nitrogens with zero attached hydrogens (tertiary/aromatic N) is 2. The second-order valence-corrected chi connectivity index (χ2v) is 3.07. The van der Waals surface area contributed by atoms with Gasteiger partial charge in [-0.15, -0.1) is 0 Å². The van der Waals surface area contributed by atoms with Gasteiger partial charge in [-0.25, -0.2) is 4.98 Å². The van der Waals surface area contributed by atoms with Gasteiger partial charge in [0.05, 0.1) is 26.1 Å². The van der Waals surface area contributed by atoms with E-state index in [0.717, 1.165) is 0 Å². The molecule has 2 rings (SSSR count). The van der Waals surface area contributed by atoms with Crippen molar-refractivity contribution in [3.8, 4) is 0 Å². The Balaban J connectivity index is 2.02. The van der Waals surface area contributed by atoms with Crippen molar-refractivity contribution in [2.45, 2.75) is 19.3 Å². The topological polar surface area (TPSA) is 36.3 Å². The maximum atomic E-state index is 5.44. The highest BCUT2D eigenvalue weighted by molar-refractivity contribution is 4.78. The van der Waals surface area contributed by atoms with Gasteiger partial charge in [-0.3, -0.25) is 0 Å². The van der Waals surface area contributed by atoms with Crippen molar-refractivity contribution < 1.29 is 9.47 Å². The molecule has 12 heavy (non-hydrogen) atoms. The van der Waals surface area contributed by atoms with Crippen LogP contribution in [-0.4, -0.2) is 28.6 Å². The van der Waals surface area contributed by atoms with E-state index in [0.29, 0.717) is 19.8 Å². The lowest BCUT2D eigenvalue weighted by Crippen LogP contribution is -2.31. The molecule has 0 saturated carbocycles. The van der Waals surface area contributed by atoms with E-state index >= 15 is 0 Å². The lowest BCUT2D eigenvalue weighted by atomic mass is 10.3. The first kappa shape index (κ1) is 7.76. The molecule has 0 aliphatic carbocycles. The van der Waals surface area contributed by atoms with E-state index in [1.54, 1.807) is 12.5 Å². The Morgan fingerprint density at radius 2 is 2.25 bits per heavy atom. The average Bonchev–Trinajstić information content (AvgIpc) is 2.62. The molecule has 4 nitrogen and oxygen atoms in total. The highest BCUT2D eigenvalue weighted by Gasteiger charge is 2.30. The molecule has 1 saturated heterocycles. The molecule has 0 atom stereocenters. The lowest BCUT2D eigenvalue weighted by molar-refractivity contribution is -0.151. The van der Waals surface area contributed by atoms with Gasteiger partial charge in [-0.2, -0.15) is 0 Å². The fraction of sp³-hybridized carbons (Fsp3) is 0.625. The Morgan fingerprint density at radius 3 is 2.83 bits per heavy atom. The van der Waals surface area contributed by atoms with Gasteiger partial charge in [0.2, 0.25) is 0 Å². The van der Waals surface area contributed by atoms with Crippen molar-refractivity contribution in [2.24, 2.45) is 0 Å². The summed E-state index contributed by atoms with van der Waals surface area (Å²) in [6.07, 6.45) is 5.41. The van der Waals surface area contributed by atoms with E-state index in [9.17, 15) is 0 Å². The summed E-state index contributed by atoms with van der Waals surface area (Å²) in [4.78, 5) is 3.95. The zero-order chi connectivity index (χ0) is 8.44. The van der Waals surface area contributed by atoms with Crippen LogP contribution in [0, 0.1) is 0 Å². The Labute approximate surface area is 71.1 Å². The number of ether oxygens (including phenoxy) is 2. The first-order valence-corrected chi connectivity index (χ1v) is 4.02. The molecule has 0 unspecified atom stereocenters. The van der Waals surface area contributed by atoms with Crippen LogP contribution in [-0.2, 0) is 16.0 Å². The molecule has 1 fully saturated rings. The zero-order valence-electron chi connectivity index (χ0n) is 7.06. The summed E-state index contributed by atoms with van der Waals surface area (Å²) >= 11 is 0. The first-order chi connectivity index (χ1) is 5.79. The molecular weight excluding hydrogens is 156 g/mol. The van der Waals surface area contributed by atoms with E-state index < -0.39 is 5.79 Å². The van der Waals surface area contributed by atoms with E-state index in [2.05, 4.69) is 4.98 Å². The third-order valence-corrected chi connectivity index (χ3v) is 1.93. The summed E-state index contributed by atoms with van der Waals surface area (Å²) in [6, 6.07) is 0. The van der Waals surface area contributed by atoms with Gasteiger partial charge in [0.1, 0.15) is 0 Å². The molecule has 1 aliphatic heterocycles. The van der Waals surface area contributed by atoms with Crippen LogP contribution in [0.1, 0.15) is 6.92 Å². The van der Waals surface area contributed by atoms with E-state index in [1.807, 2.05) is 17.7 Å². The molecule has 2 heterocycles. The van der Waals surface area contributed by atoms with Gasteiger partial charge < -0.3 is 14.0 Å². The third kappa shape index (κ3) is 1.49. The van der Waals surface area contributed by atoms with E-state index in [4.69, 9.17) is 9.47 Å². The van der Waals surface area contributed by atoms with Crippen molar-refractivity contribution >= 4 is 0 Å². The van der Waals surface area contributed by atoms with Crippen molar-refractivity contribution in [3.63, 3.8) is 0 Å². The summed E-state index contributed by atoms with van der Waals surface area (Å²) < 4.78 is 12.8. The molecule has 0 amide bonds. The van der Waals surface area contributed by atoms with Gasteiger partial charge in [0.15, 0.2) is 5.79 Å². The number of hydrogen-bond donors (Lipinski definition) is 0. The average molecular weight is 168 g/mol. The maximum absolute atomic E-state index is 5.44. The van der Waals surface area contributed by atoms with Gasteiger partial charge >= 0.3 is 0 Å². The number of imidazole rings is 1. The number of aromatic nitrogens is 2. The molecule has 0 N–H and O–H groups in total. The van der Waals surface area contributed by atoms with Crippen LogP contribution in [0.15, 0.2) is 18.7 Å². The second kappa shape index (κ2) is 2.88. The molecular formula is C8H12N2O2. The molecule has 1 aromatic rings. The minimum atomic E-state index is -0.458. The minimum absolute atomic E-state index is 0.458. The maximum Gasteiger partial charge on any atom is 0.183 e. The molecule has 0 bridgehead atoms. The van der Waals surface area contributed by atoms with Gasteiger partial charge in [-0.1, -0.05) is 0 Å². The highest BCUT2D eigenvalue weighted by atomic mass is 16.7. The lowest BCUT2D eigenvalue weighted by Gasteiger charge is -2.22. The van der Waals surface area contributed by atoms with Crippen molar-refractivity contribution in [2.75, 3.05) is 13.2 Å². The predicted molar refractivity (Wildman–Crippen MR) is 42.5 cm³/mol. The van der Waals surface area contributed by atoms with E-state index in [-0.39, 0.29) is 0 Å². The zero-order valence-corrected chi connectivity index (χ0v) is 7.06. The van der Waals surface area contributed by atoms with Gasteiger partial charge in [0.25, 0.3) is 0 Å². The summed E-state index contributed by atoms with van der Waals surface area (Å²) in [6.45, 7) is 4.02. The molecule has 0 radical (unpaired) electrons. The van der Waals surface area contributed by atoms with Crippen molar-refractivity contribution in [1.82, 2.24) is 9.55 Å². The molecule has 4 heteroatoms. The summed E-state index contributed by atoms with van der Waals surface area (Å²) in [5.74, 6) is -0.458. The van der Waals surface area contributed by atoms with Crippen LogP contribution < -0.4 is 0 Å². The van der Waals surface area contributed by atoms with Crippen LogP contribution in [0.2, 0.25) is 0 Å². The largest absolute Gasteiger partial charge is 0.346 e. The monoisotopic (exact) mass is 168 g/mol. The number of rotatable bonds is 2. The van der Waals surface area contributed by atoms with Crippen LogP contribution >= 0.6 is 0 Å². The molecule has 66 valence electrons. The number of hydrogen-bond acceptors (Lipinski definition) is 3. The van der Waals surface area contributed by atoms with Gasteiger partial charge in [0, 0.05) is 12.4 Å². The molecule has 1 aliphatic rings. The fourth-order valence-electron chi connectivity index (χ4n) is 1.36. The van der Waals surface area contributed by atoms with Crippen LogP contribution in [0.25, 0.3) is 0 Å². The Bertz CT molecular complexity index is 240. The smallest absolute Gasteiger partial charge is 0.183 e. The quantitative estimate of drug-likeness (QED) is 0.650. The molecule has 0 spiro atoms. The standard InChI is InChI=1S/C8H12N2O2/c1-8(11-4-5-12-8)6-10-3-2-9-7-10/h2-3,7H,4-6H2,1H3. The summed E-state index contributed by atoms with van der Waals surface area (Å²) in [5.41, 5.74) is 0. The van der Waals surface area contributed by atoms with Crippen LogP contribution in [0.4, 0.5) is 0 Å². The van der Waals surface area contributed by atoms with Crippen LogP contribution in [0.5, 0.6) is 0 Å². The van der Waals surface area contributed by atoms with E-state index in [1.165, 1.54) is 0 Å². The normalized spacial score (nSPS) is 21.4. The fourth-order valence-corrected chi connectivity index (χ4v) is 1.36. The Hall–Kier alpha value is -0.870. The Kier molecular flexibility index (Phi) is 1.86. The first-order valence-electron chi connectivity index (χ1n) is 4.02. The SMILES string of the molecule is CC1(Cn2ccnc2)OCCO1. The van der Waals surface area contributed by atoms with Gasteiger partial charge in [-0.05, 0) is 6.92 Å². The highest BCUT2D eigenvalue weighted by Crippen LogP contribution is 2.20. The summed E-state index contributed by atoms with van der Waals surface area (Å²) in [5, 5.41) is 0. The molecule has 1 aromatic heterocycles. The van der Waals surface area contributed by atoms with Crippen LogP contribution in [0.3, 0.4) is 0 Å². The minimum Gasteiger partial charge on any atom is -0.346 e. The van der Waals surface area contributed by atoms with Crippen molar-refractivity contribution in [1.29, 1.82) is 0 Å². The molecule has 0 aromatic carbocycles. The third-order valence-electron chi connectivity index (χ3n) is 1.93. The Morgan fingerprint density at radius 1 is 1.50 bits per heavy atom. The summed E-state index contributed by atoms with van der Waals surface area (Å²) in [7, 11) is 0. The van der Waals surface area contributed by atoms with Crippen molar-refractivity contribution in [3.05, 3.63) is 18.7 Å². The second-order valence-electron chi connectivity index (χ2n) is 3.07.